The Morgan fingerprint density at radius 3 is 2.10 bits per heavy atom. The standard InChI is InChI=1S/C26H44N8O5S/c1-40-15-12-19(32-22(35)18(28)10-5-6-13-27)23(36)34-21(16-17-8-3-2-4-9-17)24(37)33-20(25(38)39)11-7-14-31-26(29)30/h2-4,8-9,18-21H,5-7,10-16,27-28H2,1H3,(H,32,35)(H,33,37)(H,34,36)(H,38,39)(H4,29,30,31). The third-order valence-corrected chi connectivity index (χ3v) is 6.67. The molecule has 4 atom stereocenters. The van der Waals surface area contributed by atoms with Crippen LogP contribution in [0.4, 0.5) is 0 Å². The molecule has 14 heteroatoms. The molecule has 1 aromatic carbocycles. The van der Waals surface area contributed by atoms with Gasteiger partial charge in [-0.25, -0.2) is 4.79 Å². The van der Waals surface area contributed by atoms with E-state index in [0.717, 1.165) is 12.0 Å². The molecule has 0 heterocycles. The monoisotopic (exact) mass is 580 g/mol. The van der Waals surface area contributed by atoms with Gasteiger partial charge < -0.3 is 44.0 Å². The minimum absolute atomic E-state index is 0.0817. The van der Waals surface area contributed by atoms with E-state index in [4.69, 9.17) is 22.9 Å². The molecule has 0 fully saturated rings. The average molecular weight is 581 g/mol. The van der Waals surface area contributed by atoms with Crippen LogP contribution in [0.5, 0.6) is 0 Å². The number of guanidine groups is 1. The van der Waals surface area contributed by atoms with E-state index in [1.54, 1.807) is 24.3 Å². The first-order valence-electron chi connectivity index (χ1n) is 13.3. The molecule has 0 aromatic heterocycles. The number of carbonyl (C=O) groups is 4. The number of nitrogens with two attached hydrogens (primary N) is 4. The van der Waals surface area contributed by atoms with Crippen molar-refractivity contribution >= 4 is 41.4 Å². The lowest BCUT2D eigenvalue weighted by Gasteiger charge is -2.25. The highest BCUT2D eigenvalue weighted by atomic mass is 32.2. The first-order valence-corrected chi connectivity index (χ1v) is 14.7. The number of carbonyl (C=O) groups excluding carboxylic acids is 3. The molecule has 12 N–H and O–H groups in total. The van der Waals surface area contributed by atoms with Gasteiger partial charge in [-0.15, -0.1) is 0 Å². The summed E-state index contributed by atoms with van der Waals surface area (Å²) in [7, 11) is 0. The Hall–Kier alpha value is -3.36. The number of hydrogen-bond donors (Lipinski definition) is 8. The number of aliphatic imine (C=N–C) groups is 1. The number of nitrogens with one attached hydrogen (secondary N) is 3. The van der Waals surface area contributed by atoms with Crippen molar-refractivity contribution in [2.24, 2.45) is 27.9 Å². The molecule has 0 aliphatic rings. The van der Waals surface area contributed by atoms with E-state index in [-0.39, 0.29) is 25.3 Å². The third-order valence-electron chi connectivity index (χ3n) is 6.03. The number of benzene rings is 1. The summed E-state index contributed by atoms with van der Waals surface area (Å²) in [5.41, 5.74) is 22.9. The summed E-state index contributed by atoms with van der Waals surface area (Å²) in [6.07, 6.45) is 4.55. The van der Waals surface area contributed by atoms with Gasteiger partial charge in [-0.3, -0.25) is 19.4 Å². The smallest absolute Gasteiger partial charge is 0.326 e. The molecular weight excluding hydrogens is 536 g/mol. The Labute approximate surface area is 239 Å². The van der Waals surface area contributed by atoms with Gasteiger partial charge in [0.05, 0.1) is 6.04 Å². The third kappa shape index (κ3) is 14.1. The highest BCUT2D eigenvalue weighted by Crippen LogP contribution is 2.08. The summed E-state index contributed by atoms with van der Waals surface area (Å²) >= 11 is 1.50. The minimum Gasteiger partial charge on any atom is -0.480 e. The molecule has 0 bridgehead atoms. The predicted octanol–water partition coefficient (Wildman–Crippen LogP) is -0.969. The largest absolute Gasteiger partial charge is 0.480 e. The SMILES string of the molecule is CSCCC(NC(=O)C(N)CCCCN)C(=O)NC(Cc1ccccc1)C(=O)NC(CCCN=C(N)N)C(=O)O. The van der Waals surface area contributed by atoms with Crippen LogP contribution in [0.3, 0.4) is 0 Å². The molecule has 0 aliphatic carbocycles. The van der Waals surface area contributed by atoms with E-state index in [1.165, 1.54) is 11.8 Å². The number of unbranched alkanes of at least 4 members (excludes halogenated alkanes) is 1. The quantitative estimate of drug-likeness (QED) is 0.0533. The minimum atomic E-state index is -1.23. The van der Waals surface area contributed by atoms with E-state index >= 15 is 0 Å². The normalized spacial score (nSPS) is 13.8. The molecule has 40 heavy (non-hydrogen) atoms. The first kappa shape index (κ1) is 34.7. The van der Waals surface area contributed by atoms with Crippen molar-refractivity contribution in [3.8, 4) is 0 Å². The summed E-state index contributed by atoms with van der Waals surface area (Å²) in [5, 5.41) is 17.6. The summed E-state index contributed by atoms with van der Waals surface area (Å²) in [4.78, 5) is 54.9. The van der Waals surface area contributed by atoms with Gasteiger partial charge in [-0.1, -0.05) is 36.8 Å². The van der Waals surface area contributed by atoms with Gasteiger partial charge in [0.25, 0.3) is 0 Å². The van der Waals surface area contributed by atoms with Gasteiger partial charge in [-0.2, -0.15) is 11.8 Å². The van der Waals surface area contributed by atoms with Gasteiger partial charge >= 0.3 is 5.97 Å². The Morgan fingerprint density at radius 2 is 1.50 bits per heavy atom. The summed E-state index contributed by atoms with van der Waals surface area (Å²) in [6, 6.07) is 4.96. The Kier molecular flexibility index (Phi) is 17.0. The maximum Gasteiger partial charge on any atom is 0.326 e. The van der Waals surface area contributed by atoms with Gasteiger partial charge in [-0.05, 0) is 56.2 Å². The first-order chi connectivity index (χ1) is 19.1. The van der Waals surface area contributed by atoms with E-state index < -0.39 is 47.9 Å². The van der Waals surface area contributed by atoms with Crippen molar-refractivity contribution in [3.05, 3.63) is 35.9 Å². The lowest BCUT2D eigenvalue weighted by Crippen LogP contribution is -2.57. The number of aliphatic carboxylic acids is 1. The van der Waals surface area contributed by atoms with Crippen LogP contribution in [0.1, 0.15) is 44.1 Å². The number of amides is 3. The predicted molar refractivity (Wildman–Crippen MR) is 157 cm³/mol. The van der Waals surface area contributed by atoms with Crippen LogP contribution in [-0.4, -0.2) is 84.0 Å². The van der Waals surface area contributed by atoms with Crippen LogP contribution in [0.15, 0.2) is 35.3 Å². The van der Waals surface area contributed by atoms with E-state index in [2.05, 4.69) is 20.9 Å². The molecule has 3 amide bonds. The highest BCUT2D eigenvalue weighted by molar-refractivity contribution is 7.98. The molecule has 0 saturated carbocycles. The lowest BCUT2D eigenvalue weighted by atomic mass is 10.0. The molecule has 1 aromatic rings. The topological polar surface area (TPSA) is 241 Å². The average Bonchev–Trinajstić information content (AvgIpc) is 2.92. The zero-order valence-corrected chi connectivity index (χ0v) is 23.8. The number of rotatable bonds is 20. The van der Waals surface area contributed by atoms with Gasteiger partial charge in [0, 0.05) is 13.0 Å². The Balaban J connectivity index is 3.03. The number of nitrogens with zero attached hydrogens (tertiary/aromatic N) is 1. The van der Waals surface area contributed by atoms with Crippen molar-refractivity contribution in [2.45, 2.75) is 69.1 Å². The van der Waals surface area contributed by atoms with Crippen LogP contribution in [0.25, 0.3) is 0 Å². The molecule has 0 radical (unpaired) electrons. The fourth-order valence-electron chi connectivity index (χ4n) is 3.79. The second-order valence-corrected chi connectivity index (χ2v) is 10.3. The summed E-state index contributed by atoms with van der Waals surface area (Å²) < 4.78 is 0. The molecule has 0 aliphatic heterocycles. The van der Waals surface area contributed by atoms with Crippen molar-refractivity contribution in [1.82, 2.24) is 16.0 Å². The maximum absolute atomic E-state index is 13.3. The van der Waals surface area contributed by atoms with Crippen molar-refractivity contribution in [3.63, 3.8) is 0 Å². The van der Waals surface area contributed by atoms with E-state index in [9.17, 15) is 24.3 Å². The molecule has 1 rings (SSSR count). The van der Waals surface area contributed by atoms with E-state index in [0.29, 0.717) is 38.0 Å². The zero-order valence-electron chi connectivity index (χ0n) is 23.0. The number of hydrogen-bond acceptors (Lipinski definition) is 8. The molecule has 4 unspecified atom stereocenters. The molecule has 0 saturated heterocycles. The Morgan fingerprint density at radius 1 is 0.875 bits per heavy atom. The van der Waals surface area contributed by atoms with Crippen molar-refractivity contribution < 1.29 is 24.3 Å². The second kappa shape index (κ2) is 19.7. The summed E-state index contributed by atoms with van der Waals surface area (Å²) in [6.45, 7) is 0.703. The van der Waals surface area contributed by atoms with Crippen LogP contribution >= 0.6 is 11.8 Å². The van der Waals surface area contributed by atoms with Gasteiger partial charge in [0.2, 0.25) is 17.7 Å². The fourth-order valence-corrected chi connectivity index (χ4v) is 4.26. The van der Waals surface area contributed by atoms with Crippen molar-refractivity contribution in [2.75, 3.05) is 25.1 Å². The van der Waals surface area contributed by atoms with Crippen LogP contribution in [0, 0.1) is 0 Å². The molecule has 224 valence electrons. The molecular formula is C26H44N8O5S. The van der Waals surface area contributed by atoms with E-state index in [1.807, 2.05) is 12.3 Å². The maximum atomic E-state index is 13.3. The second-order valence-electron chi connectivity index (χ2n) is 9.33. The Bertz CT molecular complexity index is 962. The molecule has 13 nitrogen and oxygen atoms in total. The van der Waals surface area contributed by atoms with Crippen LogP contribution in [-0.2, 0) is 25.6 Å². The van der Waals surface area contributed by atoms with Crippen LogP contribution < -0.4 is 38.9 Å². The van der Waals surface area contributed by atoms with Crippen molar-refractivity contribution in [1.29, 1.82) is 0 Å². The highest BCUT2D eigenvalue weighted by Gasteiger charge is 2.30. The zero-order chi connectivity index (χ0) is 29.9. The fraction of sp³-hybridized carbons (Fsp3) is 0.577. The lowest BCUT2D eigenvalue weighted by molar-refractivity contribution is -0.142. The molecule has 0 spiro atoms. The van der Waals surface area contributed by atoms with Crippen LogP contribution in [0.2, 0.25) is 0 Å². The number of carboxylic acids is 1. The summed E-state index contributed by atoms with van der Waals surface area (Å²) in [5.74, 6) is -2.45. The number of carboxylic acid groups (broad SMARTS) is 1. The van der Waals surface area contributed by atoms with Gasteiger partial charge in [0.1, 0.15) is 18.1 Å². The van der Waals surface area contributed by atoms with Gasteiger partial charge in [0.15, 0.2) is 5.96 Å². The number of thioether (sulfide) groups is 1.